The van der Waals surface area contributed by atoms with Gasteiger partial charge in [-0.2, -0.15) is 0 Å². The maximum atomic E-state index is 11.9. The third-order valence-corrected chi connectivity index (χ3v) is 3.16. The van der Waals surface area contributed by atoms with Gasteiger partial charge in [0.2, 0.25) is 5.91 Å². The minimum absolute atomic E-state index is 0.00734. The van der Waals surface area contributed by atoms with E-state index in [-0.39, 0.29) is 18.0 Å². The number of amides is 1. The topological polar surface area (TPSA) is 72.9 Å². The largest absolute Gasteiger partial charge is 0.352 e. The quantitative estimate of drug-likeness (QED) is 0.831. The number of rotatable bonds is 5. The summed E-state index contributed by atoms with van der Waals surface area (Å²) >= 11 is 0. The summed E-state index contributed by atoms with van der Waals surface area (Å²) in [5, 5.41) is 2.97. The molecule has 1 amide bonds. The lowest BCUT2D eigenvalue weighted by Gasteiger charge is -2.17. The van der Waals surface area contributed by atoms with Gasteiger partial charge in [0, 0.05) is 18.3 Å². The predicted molar refractivity (Wildman–Crippen MR) is 72.0 cm³/mol. The number of nitrogens with zero attached hydrogens (tertiary/aromatic N) is 2. The molecule has 0 aromatic carbocycles. The fraction of sp³-hybridized carbons (Fsp3) is 0.692. The molecule has 0 bridgehead atoms. The van der Waals surface area contributed by atoms with Gasteiger partial charge in [-0.1, -0.05) is 13.8 Å². The molecule has 5 heteroatoms. The summed E-state index contributed by atoms with van der Waals surface area (Å²) in [6.07, 6.45) is 1.85. The number of carbonyl (C=O) groups is 1. The first-order valence-corrected chi connectivity index (χ1v) is 6.40. The number of imidazole rings is 1. The highest BCUT2D eigenvalue weighted by molar-refractivity contribution is 5.76. The van der Waals surface area contributed by atoms with E-state index in [1.807, 2.05) is 31.5 Å². The maximum Gasteiger partial charge on any atom is 0.240 e. The standard InChI is InChI=1S/C13H24N4O/c1-8(2)10(4)15-13(18)7-17-6-12(9(3)14)16-11(17)5/h6,8-10H,7,14H2,1-5H3,(H,15,18)/t9-,10?/m0/s1. The Kier molecular flexibility index (Phi) is 4.90. The van der Waals surface area contributed by atoms with E-state index < -0.39 is 0 Å². The monoisotopic (exact) mass is 252 g/mol. The summed E-state index contributed by atoms with van der Waals surface area (Å²) < 4.78 is 1.83. The van der Waals surface area contributed by atoms with Crippen molar-refractivity contribution in [1.29, 1.82) is 0 Å². The molecular weight excluding hydrogens is 228 g/mol. The average molecular weight is 252 g/mol. The molecule has 102 valence electrons. The van der Waals surface area contributed by atoms with Crippen molar-refractivity contribution < 1.29 is 4.79 Å². The normalized spacial score (nSPS) is 14.6. The molecule has 1 aromatic heterocycles. The Morgan fingerprint density at radius 1 is 1.44 bits per heavy atom. The van der Waals surface area contributed by atoms with Gasteiger partial charge in [0.15, 0.2) is 0 Å². The lowest BCUT2D eigenvalue weighted by molar-refractivity contribution is -0.122. The summed E-state index contributed by atoms with van der Waals surface area (Å²) in [4.78, 5) is 16.2. The smallest absolute Gasteiger partial charge is 0.240 e. The van der Waals surface area contributed by atoms with Crippen LogP contribution in [0.4, 0.5) is 0 Å². The molecule has 1 heterocycles. The highest BCUT2D eigenvalue weighted by Crippen LogP contribution is 2.09. The van der Waals surface area contributed by atoms with Crippen molar-refractivity contribution in [3.05, 3.63) is 17.7 Å². The highest BCUT2D eigenvalue weighted by Gasteiger charge is 2.13. The third-order valence-electron chi connectivity index (χ3n) is 3.16. The number of aryl methyl sites for hydroxylation is 1. The van der Waals surface area contributed by atoms with Crippen LogP contribution in [0.2, 0.25) is 0 Å². The van der Waals surface area contributed by atoms with Gasteiger partial charge in [0.1, 0.15) is 12.4 Å². The van der Waals surface area contributed by atoms with Crippen LogP contribution in [-0.2, 0) is 11.3 Å². The van der Waals surface area contributed by atoms with Gasteiger partial charge in [-0.25, -0.2) is 4.98 Å². The number of hydrogen-bond acceptors (Lipinski definition) is 3. The lowest BCUT2D eigenvalue weighted by atomic mass is 10.1. The van der Waals surface area contributed by atoms with Crippen molar-refractivity contribution in [1.82, 2.24) is 14.9 Å². The molecule has 0 fully saturated rings. The van der Waals surface area contributed by atoms with Crippen LogP contribution in [0.5, 0.6) is 0 Å². The van der Waals surface area contributed by atoms with Crippen LogP contribution in [0.1, 0.15) is 45.3 Å². The zero-order chi connectivity index (χ0) is 13.9. The van der Waals surface area contributed by atoms with Crippen molar-refractivity contribution in [3.63, 3.8) is 0 Å². The Hall–Kier alpha value is -1.36. The zero-order valence-corrected chi connectivity index (χ0v) is 11.9. The van der Waals surface area contributed by atoms with Crippen LogP contribution in [0.15, 0.2) is 6.20 Å². The van der Waals surface area contributed by atoms with Crippen molar-refractivity contribution in [3.8, 4) is 0 Å². The van der Waals surface area contributed by atoms with E-state index in [9.17, 15) is 4.79 Å². The molecule has 1 unspecified atom stereocenters. The Labute approximate surface area is 109 Å². The van der Waals surface area contributed by atoms with E-state index >= 15 is 0 Å². The molecule has 1 rings (SSSR count). The van der Waals surface area contributed by atoms with Gasteiger partial charge in [-0.3, -0.25) is 4.79 Å². The molecule has 0 aliphatic heterocycles. The van der Waals surface area contributed by atoms with E-state index in [0.29, 0.717) is 12.5 Å². The summed E-state index contributed by atoms with van der Waals surface area (Å²) in [6, 6.07) is 0.0665. The third kappa shape index (κ3) is 3.84. The Bertz CT molecular complexity index is 409. The summed E-state index contributed by atoms with van der Waals surface area (Å²) in [7, 11) is 0. The molecule has 0 saturated heterocycles. The zero-order valence-electron chi connectivity index (χ0n) is 11.9. The maximum absolute atomic E-state index is 11.9. The van der Waals surface area contributed by atoms with Crippen molar-refractivity contribution in [2.45, 2.75) is 53.2 Å². The Balaban J connectivity index is 2.64. The number of carbonyl (C=O) groups excluding carboxylic acids is 1. The van der Waals surface area contributed by atoms with Gasteiger partial charge in [0.05, 0.1) is 5.69 Å². The minimum atomic E-state index is -0.109. The lowest BCUT2D eigenvalue weighted by Crippen LogP contribution is -2.38. The van der Waals surface area contributed by atoms with Crippen LogP contribution in [0, 0.1) is 12.8 Å². The SMILES string of the molecule is Cc1nc([C@H](C)N)cn1CC(=O)NC(C)C(C)C. The second-order valence-electron chi connectivity index (χ2n) is 5.23. The van der Waals surface area contributed by atoms with Crippen molar-refractivity contribution in [2.75, 3.05) is 0 Å². The molecular formula is C13H24N4O. The van der Waals surface area contributed by atoms with Crippen LogP contribution < -0.4 is 11.1 Å². The van der Waals surface area contributed by atoms with Crippen molar-refractivity contribution >= 4 is 5.91 Å². The second-order valence-corrected chi connectivity index (χ2v) is 5.23. The van der Waals surface area contributed by atoms with E-state index in [0.717, 1.165) is 11.5 Å². The molecule has 18 heavy (non-hydrogen) atoms. The number of aromatic nitrogens is 2. The molecule has 2 atom stereocenters. The number of nitrogens with two attached hydrogens (primary N) is 1. The average Bonchev–Trinajstić information content (AvgIpc) is 2.60. The van der Waals surface area contributed by atoms with E-state index in [2.05, 4.69) is 24.1 Å². The van der Waals surface area contributed by atoms with Gasteiger partial charge >= 0.3 is 0 Å². The molecule has 0 aliphatic rings. The summed E-state index contributed by atoms with van der Waals surface area (Å²) in [5.41, 5.74) is 6.59. The molecule has 0 spiro atoms. The van der Waals surface area contributed by atoms with Crippen LogP contribution in [0.25, 0.3) is 0 Å². The van der Waals surface area contributed by atoms with Crippen LogP contribution in [-0.4, -0.2) is 21.5 Å². The second kappa shape index (κ2) is 6.00. The van der Waals surface area contributed by atoms with Crippen LogP contribution in [0.3, 0.4) is 0 Å². The minimum Gasteiger partial charge on any atom is -0.352 e. The molecule has 0 radical (unpaired) electrons. The van der Waals surface area contributed by atoms with E-state index in [1.165, 1.54) is 0 Å². The first kappa shape index (κ1) is 14.7. The molecule has 1 aromatic rings. The molecule has 0 aliphatic carbocycles. The Morgan fingerprint density at radius 2 is 2.06 bits per heavy atom. The van der Waals surface area contributed by atoms with Crippen LogP contribution >= 0.6 is 0 Å². The Morgan fingerprint density at radius 3 is 2.50 bits per heavy atom. The predicted octanol–water partition coefficient (Wildman–Crippen LogP) is 1.37. The number of nitrogens with one attached hydrogen (secondary N) is 1. The highest BCUT2D eigenvalue weighted by atomic mass is 16.2. The molecule has 5 nitrogen and oxygen atoms in total. The first-order chi connectivity index (χ1) is 8.31. The van der Waals surface area contributed by atoms with Gasteiger partial charge in [0.25, 0.3) is 0 Å². The van der Waals surface area contributed by atoms with Crippen molar-refractivity contribution in [2.24, 2.45) is 11.7 Å². The number of hydrogen-bond donors (Lipinski definition) is 2. The van der Waals surface area contributed by atoms with E-state index in [1.54, 1.807) is 0 Å². The molecule has 0 saturated carbocycles. The first-order valence-electron chi connectivity index (χ1n) is 6.40. The van der Waals surface area contributed by atoms with Gasteiger partial charge in [-0.15, -0.1) is 0 Å². The molecule has 3 N–H and O–H groups in total. The summed E-state index contributed by atoms with van der Waals surface area (Å²) in [5.74, 6) is 1.25. The van der Waals surface area contributed by atoms with Gasteiger partial charge < -0.3 is 15.6 Å². The fourth-order valence-corrected chi connectivity index (χ4v) is 1.53. The summed E-state index contributed by atoms with van der Waals surface area (Å²) in [6.45, 7) is 10.2. The fourth-order valence-electron chi connectivity index (χ4n) is 1.53. The van der Waals surface area contributed by atoms with Gasteiger partial charge in [-0.05, 0) is 26.7 Å². The van der Waals surface area contributed by atoms with E-state index in [4.69, 9.17) is 5.73 Å².